The fourth-order valence-corrected chi connectivity index (χ4v) is 3.88. The maximum atomic E-state index is 10.9. The van der Waals surface area contributed by atoms with Crippen LogP contribution in [0.2, 0.25) is 0 Å². The number of rotatable bonds is 3. The van der Waals surface area contributed by atoms with Gasteiger partial charge in [0.05, 0.1) is 5.60 Å². The summed E-state index contributed by atoms with van der Waals surface area (Å²) in [5.74, 6) is 2.33. The lowest BCUT2D eigenvalue weighted by molar-refractivity contribution is -0.0199. The molecule has 0 aliphatic heterocycles. The minimum Gasteiger partial charge on any atom is -0.385 e. The molecule has 2 fully saturated rings. The van der Waals surface area contributed by atoms with Crippen LogP contribution in [0.4, 0.5) is 0 Å². The summed E-state index contributed by atoms with van der Waals surface area (Å²) in [6, 6.07) is 8.88. The molecule has 2 aliphatic carbocycles. The lowest BCUT2D eigenvalue weighted by Gasteiger charge is -2.38. The number of aliphatic hydroxyl groups is 1. The van der Waals surface area contributed by atoms with Crippen LogP contribution in [0, 0.1) is 11.8 Å². The zero-order valence-corrected chi connectivity index (χ0v) is 12.9. The smallest absolute Gasteiger partial charge is 0.0896 e. The van der Waals surface area contributed by atoms with Crippen molar-refractivity contribution in [3.63, 3.8) is 0 Å². The average Bonchev–Trinajstić information content (AvgIpc) is 2.38. The molecule has 0 spiro atoms. The van der Waals surface area contributed by atoms with E-state index >= 15 is 0 Å². The summed E-state index contributed by atoms with van der Waals surface area (Å²) < 4.78 is 0. The van der Waals surface area contributed by atoms with Crippen molar-refractivity contribution in [2.24, 2.45) is 11.8 Å². The summed E-state index contributed by atoms with van der Waals surface area (Å²) in [5, 5.41) is 10.9. The molecule has 0 heterocycles. The highest BCUT2D eigenvalue weighted by Gasteiger charge is 2.35. The third kappa shape index (κ3) is 2.65. The fraction of sp³-hybridized carbons (Fsp3) is 0.684. The Bertz CT molecular complexity index is 433. The van der Waals surface area contributed by atoms with Crippen molar-refractivity contribution in [2.75, 3.05) is 0 Å². The highest BCUT2D eigenvalue weighted by molar-refractivity contribution is 5.30. The maximum absolute atomic E-state index is 10.9. The van der Waals surface area contributed by atoms with Crippen molar-refractivity contribution in [3.05, 3.63) is 35.4 Å². The predicted molar refractivity (Wildman–Crippen MR) is 83.7 cm³/mol. The molecule has 0 unspecified atom stereocenters. The first kappa shape index (κ1) is 14.1. The van der Waals surface area contributed by atoms with E-state index in [4.69, 9.17) is 0 Å². The van der Waals surface area contributed by atoms with E-state index in [1.54, 1.807) is 0 Å². The summed E-state index contributed by atoms with van der Waals surface area (Å²) in [7, 11) is 0. The molecule has 0 saturated heterocycles. The van der Waals surface area contributed by atoms with E-state index in [-0.39, 0.29) is 0 Å². The molecule has 0 amide bonds. The zero-order valence-electron chi connectivity index (χ0n) is 12.9. The number of hydrogen-bond acceptors (Lipinski definition) is 1. The molecule has 1 heteroatoms. The van der Waals surface area contributed by atoms with Gasteiger partial charge in [-0.25, -0.2) is 0 Å². The van der Waals surface area contributed by atoms with Gasteiger partial charge in [0.15, 0.2) is 0 Å². The molecular formula is C19H28O. The lowest BCUT2D eigenvalue weighted by atomic mass is 9.71. The molecule has 0 radical (unpaired) electrons. The molecule has 2 saturated carbocycles. The van der Waals surface area contributed by atoms with E-state index < -0.39 is 5.60 Å². The first-order valence-electron chi connectivity index (χ1n) is 8.41. The zero-order chi connectivity index (χ0) is 14.2. The van der Waals surface area contributed by atoms with Crippen molar-refractivity contribution in [2.45, 2.75) is 70.3 Å². The number of hydrogen-bond donors (Lipinski definition) is 1. The molecule has 0 aromatic heterocycles. The fourth-order valence-electron chi connectivity index (χ4n) is 3.88. The van der Waals surface area contributed by atoms with Crippen LogP contribution in [0.25, 0.3) is 0 Å². The molecular weight excluding hydrogens is 244 g/mol. The van der Waals surface area contributed by atoms with Gasteiger partial charge in [-0.15, -0.1) is 0 Å². The van der Waals surface area contributed by atoms with Gasteiger partial charge in [-0.3, -0.25) is 0 Å². The minimum absolute atomic E-state index is 0.566. The van der Waals surface area contributed by atoms with Gasteiger partial charge in [0.2, 0.25) is 0 Å². The SMILES string of the molecule is CC(C)C1CCC(O)(c2ccc(C3CCC3)cc2)CC1. The monoisotopic (exact) mass is 272 g/mol. The molecule has 1 aromatic rings. The Hall–Kier alpha value is -0.820. The van der Waals surface area contributed by atoms with Gasteiger partial charge in [-0.1, -0.05) is 44.5 Å². The van der Waals surface area contributed by atoms with Crippen LogP contribution in [0.5, 0.6) is 0 Å². The highest BCUT2D eigenvalue weighted by atomic mass is 16.3. The Morgan fingerprint density at radius 2 is 1.60 bits per heavy atom. The van der Waals surface area contributed by atoms with E-state index in [9.17, 15) is 5.11 Å². The summed E-state index contributed by atoms with van der Waals surface area (Å²) in [4.78, 5) is 0. The average molecular weight is 272 g/mol. The van der Waals surface area contributed by atoms with Crippen LogP contribution in [-0.4, -0.2) is 5.11 Å². The van der Waals surface area contributed by atoms with Gasteiger partial charge in [-0.05, 0) is 67.4 Å². The van der Waals surface area contributed by atoms with Gasteiger partial charge in [-0.2, -0.15) is 0 Å². The molecule has 1 N–H and O–H groups in total. The molecule has 1 aromatic carbocycles. The molecule has 20 heavy (non-hydrogen) atoms. The summed E-state index contributed by atoms with van der Waals surface area (Å²) in [6.07, 6.45) is 8.26. The van der Waals surface area contributed by atoms with Crippen molar-refractivity contribution >= 4 is 0 Å². The van der Waals surface area contributed by atoms with Crippen LogP contribution in [-0.2, 0) is 5.60 Å². The van der Waals surface area contributed by atoms with Crippen molar-refractivity contribution < 1.29 is 5.11 Å². The van der Waals surface area contributed by atoms with E-state index in [1.165, 1.54) is 37.7 Å². The summed E-state index contributed by atoms with van der Waals surface area (Å²) in [6.45, 7) is 4.62. The van der Waals surface area contributed by atoms with Crippen molar-refractivity contribution in [1.29, 1.82) is 0 Å². The van der Waals surface area contributed by atoms with Crippen LogP contribution in [0.1, 0.15) is 75.8 Å². The predicted octanol–water partition coefficient (Wildman–Crippen LogP) is 4.99. The first-order chi connectivity index (χ1) is 9.58. The largest absolute Gasteiger partial charge is 0.385 e. The topological polar surface area (TPSA) is 20.2 Å². The second-order valence-electron chi connectivity index (χ2n) is 7.36. The summed E-state index contributed by atoms with van der Waals surface area (Å²) in [5.41, 5.74) is 2.05. The maximum Gasteiger partial charge on any atom is 0.0896 e. The van der Waals surface area contributed by atoms with Gasteiger partial charge in [0, 0.05) is 0 Å². The second-order valence-corrected chi connectivity index (χ2v) is 7.36. The Labute approximate surface area is 123 Å². The highest BCUT2D eigenvalue weighted by Crippen LogP contribution is 2.43. The van der Waals surface area contributed by atoms with Crippen LogP contribution in [0.15, 0.2) is 24.3 Å². The van der Waals surface area contributed by atoms with Gasteiger partial charge >= 0.3 is 0 Å². The van der Waals surface area contributed by atoms with Crippen molar-refractivity contribution in [3.8, 4) is 0 Å². The summed E-state index contributed by atoms with van der Waals surface area (Å²) >= 11 is 0. The van der Waals surface area contributed by atoms with E-state index in [0.29, 0.717) is 0 Å². The Morgan fingerprint density at radius 1 is 1.00 bits per heavy atom. The Balaban J connectivity index is 1.69. The quantitative estimate of drug-likeness (QED) is 0.822. The van der Waals surface area contributed by atoms with E-state index in [2.05, 4.69) is 38.1 Å². The lowest BCUT2D eigenvalue weighted by Crippen LogP contribution is -2.32. The van der Waals surface area contributed by atoms with Crippen LogP contribution < -0.4 is 0 Å². The standard InChI is InChI=1S/C19H28O/c1-14(2)15-10-12-19(20,13-11-15)18-8-6-17(7-9-18)16-4-3-5-16/h6-9,14-16,20H,3-5,10-13H2,1-2H3. The molecule has 110 valence electrons. The van der Waals surface area contributed by atoms with E-state index in [0.717, 1.165) is 36.2 Å². The van der Waals surface area contributed by atoms with Gasteiger partial charge in [0.25, 0.3) is 0 Å². The normalized spacial score (nSPS) is 31.3. The third-order valence-corrected chi connectivity index (χ3v) is 5.82. The van der Waals surface area contributed by atoms with Gasteiger partial charge in [0.1, 0.15) is 0 Å². The van der Waals surface area contributed by atoms with E-state index in [1.807, 2.05) is 0 Å². The van der Waals surface area contributed by atoms with Crippen LogP contribution in [0.3, 0.4) is 0 Å². The second kappa shape index (κ2) is 5.52. The molecule has 2 aliphatic rings. The van der Waals surface area contributed by atoms with Gasteiger partial charge < -0.3 is 5.11 Å². The Morgan fingerprint density at radius 3 is 2.05 bits per heavy atom. The molecule has 3 rings (SSSR count). The van der Waals surface area contributed by atoms with Crippen LogP contribution >= 0.6 is 0 Å². The molecule has 0 atom stereocenters. The first-order valence-corrected chi connectivity index (χ1v) is 8.41. The minimum atomic E-state index is -0.566. The molecule has 0 bridgehead atoms. The number of benzene rings is 1. The molecule has 1 nitrogen and oxygen atoms in total. The Kier molecular flexibility index (Phi) is 3.90. The van der Waals surface area contributed by atoms with Crippen molar-refractivity contribution in [1.82, 2.24) is 0 Å². The third-order valence-electron chi connectivity index (χ3n) is 5.82.